The summed E-state index contributed by atoms with van der Waals surface area (Å²) in [6.45, 7) is 0. The maximum atomic E-state index is 12.5. The highest BCUT2D eigenvalue weighted by molar-refractivity contribution is 6.01. The number of methoxy groups -OCH3 is 3. The third-order valence-electron chi connectivity index (χ3n) is 4.15. The normalized spacial score (nSPS) is 16.0. The van der Waals surface area contributed by atoms with Gasteiger partial charge < -0.3 is 19.4 Å². The molecule has 0 aliphatic heterocycles. The van der Waals surface area contributed by atoms with Gasteiger partial charge in [-0.15, -0.1) is 0 Å². The highest BCUT2D eigenvalue weighted by Crippen LogP contribution is 2.29. The van der Waals surface area contributed by atoms with Crippen molar-refractivity contribution >= 4 is 12.2 Å². The standard InChI is InChI=1S/C17H23NO5/c1-21-14-9-12(11-18(20)13-7-5-4-6-8-13)16(17(19)23-3)15(10-14)22-2/h9-11,13H,4-8H2,1-3H3. The van der Waals surface area contributed by atoms with Crippen molar-refractivity contribution in [2.24, 2.45) is 0 Å². The molecular formula is C17H23NO5. The Bertz CT molecular complexity index is 591. The van der Waals surface area contributed by atoms with Crippen LogP contribution in [0.5, 0.6) is 11.5 Å². The minimum absolute atomic E-state index is 0.0496. The van der Waals surface area contributed by atoms with E-state index in [-0.39, 0.29) is 11.6 Å². The molecular weight excluding hydrogens is 298 g/mol. The summed E-state index contributed by atoms with van der Waals surface area (Å²) in [5.74, 6) is 0.282. The second-order valence-electron chi connectivity index (χ2n) is 5.57. The molecule has 1 fully saturated rings. The number of hydrogen-bond donors (Lipinski definition) is 0. The minimum Gasteiger partial charge on any atom is -0.624 e. The monoisotopic (exact) mass is 321 g/mol. The summed E-state index contributed by atoms with van der Waals surface area (Å²) in [4.78, 5) is 12.1. The van der Waals surface area contributed by atoms with Crippen molar-refractivity contribution in [3.05, 3.63) is 28.5 Å². The molecule has 0 atom stereocenters. The molecule has 0 N–H and O–H groups in total. The van der Waals surface area contributed by atoms with Gasteiger partial charge in [-0.05, 0) is 18.9 Å². The summed E-state index contributed by atoms with van der Waals surface area (Å²) >= 11 is 0. The molecule has 1 aromatic rings. The summed E-state index contributed by atoms with van der Waals surface area (Å²) in [5, 5.41) is 12.5. The van der Waals surface area contributed by atoms with Crippen LogP contribution in [0.2, 0.25) is 0 Å². The maximum absolute atomic E-state index is 12.5. The van der Waals surface area contributed by atoms with Gasteiger partial charge >= 0.3 is 5.97 Å². The number of rotatable bonds is 5. The van der Waals surface area contributed by atoms with Crippen molar-refractivity contribution in [2.75, 3.05) is 21.3 Å². The summed E-state index contributed by atoms with van der Waals surface area (Å²) in [7, 11) is 4.28. The molecule has 0 amide bonds. The van der Waals surface area contributed by atoms with E-state index in [0.29, 0.717) is 17.1 Å². The van der Waals surface area contributed by atoms with Crippen molar-refractivity contribution in [1.29, 1.82) is 0 Å². The third kappa shape index (κ3) is 3.94. The fourth-order valence-corrected chi connectivity index (χ4v) is 2.89. The van der Waals surface area contributed by atoms with Gasteiger partial charge in [-0.1, -0.05) is 6.42 Å². The highest BCUT2D eigenvalue weighted by atomic mass is 16.5. The molecule has 1 aliphatic carbocycles. The van der Waals surface area contributed by atoms with Crippen LogP contribution < -0.4 is 9.47 Å². The zero-order valence-electron chi connectivity index (χ0n) is 13.8. The van der Waals surface area contributed by atoms with Crippen molar-refractivity contribution in [3.8, 4) is 11.5 Å². The van der Waals surface area contributed by atoms with Crippen molar-refractivity contribution in [1.82, 2.24) is 0 Å². The van der Waals surface area contributed by atoms with Crippen molar-refractivity contribution in [3.63, 3.8) is 0 Å². The quantitative estimate of drug-likeness (QED) is 0.274. The van der Waals surface area contributed by atoms with Gasteiger partial charge in [0.05, 0.1) is 26.9 Å². The molecule has 0 spiro atoms. The fraction of sp³-hybridized carbons (Fsp3) is 0.529. The summed E-state index contributed by atoms with van der Waals surface area (Å²) < 4.78 is 16.2. The minimum atomic E-state index is -0.548. The molecule has 6 nitrogen and oxygen atoms in total. The van der Waals surface area contributed by atoms with Crippen LogP contribution in [0.15, 0.2) is 12.1 Å². The second-order valence-corrected chi connectivity index (χ2v) is 5.57. The van der Waals surface area contributed by atoms with E-state index in [1.807, 2.05) is 0 Å². The first-order chi connectivity index (χ1) is 11.1. The summed E-state index contributed by atoms with van der Waals surface area (Å²) in [6, 6.07) is 3.19. The number of ether oxygens (including phenoxy) is 3. The van der Waals surface area contributed by atoms with Gasteiger partial charge in [0.15, 0.2) is 12.3 Å². The van der Waals surface area contributed by atoms with Crippen molar-refractivity contribution in [2.45, 2.75) is 38.1 Å². The summed E-state index contributed by atoms with van der Waals surface area (Å²) in [6.07, 6.45) is 6.46. The maximum Gasteiger partial charge on any atom is 0.342 e. The third-order valence-corrected chi connectivity index (χ3v) is 4.15. The Morgan fingerprint density at radius 2 is 1.87 bits per heavy atom. The number of carbonyl (C=O) groups is 1. The van der Waals surface area contributed by atoms with Crippen LogP contribution >= 0.6 is 0 Å². The van der Waals surface area contributed by atoms with Gasteiger partial charge in [0, 0.05) is 18.9 Å². The first-order valence-electron chi connectivity index (χ1n) is 7.75. The second kappa shape index (κ2) is 7.85. The van der Waals surface area contributed by atoms with Gasteiger partial charge in [-0.3, -0.25) is 0 Å². The predicted octanol–water partition coefficient (Wildman–Crippen LogP) is 2.75. The molecule has 0 saturated heterocycles. The molecule has 0 radical (unpaired) electrons. The topological polar surface area (TPSA) is 70.8 Å². The molecule has 126 valence electrons. The van der Waals surface area contributed by atoms with E-state index in [4.69, 9.17) is 14.2 Å². The van der Waals surface area contributed by atoms with Crippen LogP contribution in [0.3, 0.4) is 0 Å². The molecule has 1 saturated carbocycles. The largest absolute Gasteiger partial charge is 0.624 e. The lowest BCUT2D eigenvalue weighted by molar-refractivity contribution is -0.500. The van der Waals surface area contributed by atoms with Gasteiger partial charge in [-0.25, -0.2) is 9.53 Å². The SMILES string of the molecule is COC(=O)c1c(C=[N+]([O-])C2CCCCC2)cc(OC)cc1OC. The molecule has 0 bridgehead atoms. The zero-order chi connectivity index (χ0) is 16.8. The van der Waals surface area contributed by atoms with E-state index in [9.17, 15) is 10.0 Å². The molecule has 1 aliphatic rings. The van der Waals surface area contributed by atoms with Crippen LogP contribution in [0.4, 0.5) is 0 Å². The number of nitrogens with zero attached hydrogens (tertiary/aromatic N) is 1. The fourth-order valence-electron chi connectivity index (χ4n) is 2.89. The van der Waals surface area contributed by atoms with E-state index in [0.717, 1.165) is 30.4 Å². The lowest BCUT2D eigenvalue weighted by Crippen LogP contribution is -2.25. The van der Waals surface area contributed by atoms with E-state index in [1.165, 1.54) is 34.0 Å². The number of hydroxylamine groups is 1. The lowest BCUT2D eigenvalue weighted by atomic mass is 9.95. The van der Waals surface area contributed by atoms with Crippen LogP contribution in [0.25, 0.3) is 0 Å². The Kier molecular flexibility index (Phi) is 5.84. The highest BCUT2D eigenvalue weighted by Gasteiger charge is 2.24. The smallest absolute Gasteiger partial charge is 0.342 e. The molecule has 2 rings (SSSR count). The molecule has 1 aromatic carbocycles. The number of esters is 1. The number of benzene rings is 1. The average Bonchev–Trinajstić information content (AvgIpc) is 2.60. The Morgan fingerprint density at radius 1 is 1.17 bits per heavy atom. The van der Waals surface area contributed by atoms with Gasteiger partial charge in [-0.2, -0.15) is 0 Å². The number of carbonyl (C=O) groups excluding carboxylic acids is 1. The molecule has 0 heterocycles. The Labute approximate surface area is 136 Å². The average molecular weight is 321 g/mol. The Hall–Kier alpha value is -2.24. The van der Waals surface area contributed by atoms with Gasteiger partial charge in [0.25, 0.3) is 0 Å². The first kappa shape index (κ1) is 17.1. The first-order valence-corrected chi connectivity index (χ1v) is 7.75. The lowest BCUT2D eigenvalue weighted by Gasteiger charge is -2.21. The van der Waals surface area contributed by atoms with E-state index in [2.05, 4.69) is 0 Å². The Balaban J connectivity index is 2.47. The van der Waals surface area contributed by atoms with E-state index < -0.39 is 5.97 Å². The van der Waals surface area contributed by atoms with Crippen LogP contribution in [0.1, 0.15) is 48.0 Å². The van der Waals surface area contributed by atoms with E-state index in [1.54, 1.807) is 12.1 Å². The molecule has 0 aromatic heterocycles. The van der Waals surface area contributed by atoms with Gasteiger partial charge in [0.2, 0.25) is 0 Å². The molecule has 6 heteroatoms. The van der Waals surface area contributed by atoms with Crippen LogP contribution in [-0.4, -0.2) is 44.3 Å². The van der Waals surface area contributed by atoms with Crippen molar-refractivity contribution < 1.29 is 23.7 Å². The molecule has 0 unspecified atom stereocenters. The predicted molar refractivity (Wildman–Crippen MR) is 86.6 cm³/mol. The van der Waals surface area contributed by atoms with E-state index >= 15 is 0 Å². The zero-order valence-corrected chi connectivity index (χ0v) is 13.8. The van der Waals surface area contributed by atoms with Gasteiger partial charge in [0.1, 0.15) is 17.1 Å². The number of hydrogen-bond acceptors (Lipinski definition) is 5. The molecule has 23 heavy (non-hydrogen) atoms. The summed E-state index contributed by atoms with van der Waals surface area (Å²) in [5.41, 5.74) is 0.668. The Morgan fingerprint density at radius 3 is 2.43 bits per heavy atom. The van der Waals surface area contributed by atoms with Crippen LogP contribution in [-0.2, 0) is 4.74 Å². The van der Waals surface area contributed by atoms with Crippen LogP contribution in [0, 0.1) is 5.21 Å².